The average molecular weight is 306 g/mol. The molecule has 2 aromatic heterocycles. The van der Waals surface area contributed by atoms with E-state index in [9.17, 15) is 0 Å². The van der Waals surface area contributed by atoms with Crippen molar-refractivity contribution in [3.05, 3.63) is 40.2 Å². The molecule has 0 aliphatic carbocycles. The molecule has 0 aliphatic heterocycles. The lowest BCUT2D eigenvalue weighted by atomic mass is 10.2. The predicted octanol–water partition coefficient (Wildman–Crippen LogP) is 2.77. The lowest BCUT2D eigenvalue weighted by Crippen LogP contribution is -2.37. The molecule has 0 amide bonds. The monoisotopic (exact) mass is 306 g/mol. The Morgan fingerprint density at radius 3 is 2.90 bits per heavy atom. The van der Waals surface area contributed by atoms with Crippen LogP contribution in [0.25, 0.3) is 0 Å². The minimum atomic E-state index is 0.473. The maximum atomic E-state index is 5.29. The van der Waals surface area contributed by atoms with E-state index in [1.165, 1.54) is 0 Å². The van der Waals surface area contributed by atoms with E-state index in [-0.39, 0.29) is 0 Å². The van der Waals surface area contributed by atoms with Crippen molar-refractivity contribution in [2.24, 2.45) is 4.99 Å². The lowest BCUT2D eigenvalue weighted by molar-refractivity contribution is 0.507. The molecule has 114 valence electrons. The van der Waals surface area contributed by atoms with Crippen molar-refractivity contribution >= 4 is 17.3 Å². The van der Waals surface area contributed by atoms with Gasteiger partial charge in [0.25, 0.3) is 0 Å². The third-order valence-electron chi connectivity index (χ3n) is 3.04. The zero-order valence-electron chi connectivity index (χ0n) is 12.7. The molecule has 0 aliphatic rings. The Hall–Kier alpha value is -1.82. The van der Waals surface area contributed by atoms with E-state index in [4.69, 9.17) is 4.42 Å². The Balaban J connectivity index is 1.74. The molecule has 0 unspecified atom stereocenters. The molecule has 2 N–H and O–H groups in total. The highest BCUT2D eigenvalue weighted by Crippen LogP contribution is 2.17. The molecule has 21 heavy (non-hydrogen) atoms. The summed E-state index contributed by atoms with van der Waals surface area (Å²) in [6.45, 7) is 5.78. The van der Waals surface area contributed by atoms with Crippen LogP contribution in [0.3, 0.4) is 0 Å². The molecule has 6 heteroatoms. The third-order valence-corrected chi connectivity index (χ3v) is 3.90. The molecule has 2 heterocycles. The summed E-state index contributed by atoms with van der Waals surface area (Å²) in [5.41, 5.74) is 1.15. The van der Waals surface area contributed by atoms with Crippen molar-refractivity contribution in [3.8, 4) is 0 Å². The first kappa shape index (κ1) is 15.6. The highest BCUT2D eigenvalue weighted by molar-refractivity contribution is 7.09. The number of hydrogen-bond donors (Lipinski definition) is 2. The quantitative estimate of drug-likeness (QED) is 0.636. The summed E-state index contributed by atoms with van der Waals surface area (Å²) in [4.78, 5) is 8.80. The summed E-state index contributed by atoms with van der Waals surface area (Å²) in [6.07, 6.45) is 2.53. The molecule has 0 atom stereocenters. The van der Waals surface area contributed by atoms with Crippen LogP contribution in [0, 0.1) is 0 Å². The number of rotatable bonds is 6. The van der Waals surface area contributed by atoms with Crippen LogP contribution < -0.4 is 10.6 Å². The van der Waals surface area contributed by atoms with Crippen LogP contribution in [0.2, 0.25) is 0 Å². The average Bonchev–Trinajstić information content (AvgIpc) is 3.13. The fourth-order valence-electron chi connectivity index (χ4n) is 1.81. The minimum absolute atomic E-state index is 0.473. The second-order valence-corrected chi connectivity index (χ2v) is 5.95. The van der Waals surface area contributed by atoms with Gasteiger partial charge in [-0.05, 0) is 18.1 Å². The van der Waals surface area contributed by atoms with Crippen molar-refractivity contribution in [1.82, 2.24) is 15.6 Å². The Morgan fingerprint density at radius 1 is 1.43 bits per heavy atom. The maximum Gasteiger partial charge on any atom is 0.191 e. The number of nitrogens with one attached hydrogen (secondary N) is 2. The number of aliphatic imine (C=N–C) groups is 1. The SMILES string of the molecule is CN=C(NCCc1ccco1)NCc1nc(C(C)C)cs1. The van der Waals surface area contributed by atoms with Crippen LogP contribution in [0.4, 0.5) is 0 Å². The number of furan rings is 1. The Bertz CT molecular complexity index is 560. The normalized spacial score (nSPS) is 11.9. The first-order chi connectivity index (χ1) is 10.2. The maximum absolute atomic E-state index is 5.29. The van der Waals surface area contributed by atoms with Crippen molar-refractivity contribution in [1.29, 1.82) is 0 Å². The number of guanidine groups is 1. The number of aromatic nitrogens is 1. The van der Waals surface area contributed by atoms with E-state index in [1.807, 2.05) is 12.1 Å². The van der Waals surface area contributed by atoms with E-state index in [0.29, 0.717) is 12.5 Å². The van der Waals surface area contributed by atoms with Gasteiger partial charge in [0.05, 0.1) is 18.5 Å². The largest absolute Gasteiger partial charge is 0.469 e. The molecule has 0 fully saturated rings. The number of thiazole rings is 1. The van der Waals surface area contributed by atoms with Gasteiger partial charge in [0.1, 0.15) is 10.8 Å². The van der Waals surface area contributed by atoms with Gasteiger partial charge < -0.3 is 15.1 Å². The summed E-state index contributed by atoms with van der Waals surface area (Å²) in [6, 6.07) is 3.87. The smallest absolute Gasteiger partial charge is 0.191 e. The molecule has 0 bridgehead atoms. The molecular weight excluding hydrogens is 284 g/mol. The molecule has 0 spiro atoms. The molecule has 0 saturated heterocycles. The standard InChI is InChI=1S/C15H22N4OS/c1-11(2)13-10-21-14(19-13)9-18-15(16-3)17-7-6-12-5-4-8-20-12/h4-5,8,10-11H,6-7,9H2,1-3H3,(H2,16,17,18). The van der Waals surface area contributed by atoms with Gasteiger partial charge in [-0.25, -0.2) is 4.98 Å². The first-order valence-electron chi connectivity index (χ1n) is 7.10. The van der Waals surface area contributed by atoms with Gasteiger partial charge >= 0.3 is 0 Å². The topological polar surface area (TPSA) is 62.5 Å². The second-order valence-electron chi connectivity index (χ2n) is 5.00. The van der Waals surface area contributed by atoms with Crippen molar-refractivity contribution in [2.75, 3.05) is 13.6 Å². The zero-order valence-corrected chi connectivity index (χ0v) is 13.5. The van der Waals surface area contributed by atoms with Gasteiger partial charge in [0.15, 0.2) is 5.96 Å². The Kier molecular flexibility index (Phi) is 5.80. The van der Waals surface area contributed by atoms with E-state index < -0.39 is 0 Å². The predicted molar refractivity (Wildman–Crippen MR) is 86.8 cm³/mol. The molecular formula is C15H22N4OS. The Morgan fingerprint density at radius 2 is 2.29 bits per heavy atom. The fraction of sp³-hybridized carbons (Fsp3) is 0.467. The van der Waals surface area contributed by atoms with Crippen LogP contribution in [0.1, 0.15) is 36.2 Å². The molecule has 0 saturated carbocycles. The van der Waals surface area contributed by atoms with Gasteiger partial charge in [-0.1, -0.05) is 13.8 Å². The summed E-state index contributed by atoms with van der Waals surface area (Å²) < 4.78 is 5.29. The third kappa shape index (κ3) is 4.90. The van der Waals surface area contributed by atoms with Crippen LogP contribution in [-0.4, -0.2) is 24.5 Å². The summed E-state index contributed by atoms with van der Waals surface area (Å²) >= 11 is 1.68. The highest BCUT2D eigenvalue weighted by Gasteiger charge is 2.06. The highest BCUT2D eigenvalue weighted by atomic mass is 32.1. The van der Waals surface area contributed by atoms with Crippen molar-refractivity contribution < 1.29 is 4.42 Å². The minimum Gasteiger partial charge on any atom is -0.469 e. The number of nitrogens with zero attached hydrogens (tertiary/aromatic N) is 2. The van der Waals surface area contributed by atoms with E-state index in [1.54, 1.807) is 24.6 Å². The van der Waals surface area contributed by atoms with Crippen LogP contribution in [0.15, 0.2) is 33.2 Å². The van der Waals surface area contributed by atoms with Crippen LogP contribution in [-0.2, 0) is 13.0 Å². The molecule has 0 radical (unpaired) electrons. The first-order valence-corrected chi connectivity index (χ1v) is 7.98. The van der Waals surface area contributed by atoms with E-state index in [0.717, 1.165) is 35.4 Å². The Labute approximate surface area is 129 Å². The van der Waals surface area contributed by atoms with Crippen LogP contribution >= 0.6 is 11.3 Å². The summed E-state index contributed by atoms with van der Waals surface area (Å²) in [5, 5.41) is 9.73. The van der Waals surface area contributed by atoms with Crippen LogP contribution in [0.5, 0.6) is 0 Å². The molecule has 0 aromatic carbocycles. The van der Waals surface area contributed by atoms with Gasteiger partial charge in [0, 0.05) is 25.4 Å². The van der Waals surface area contributed by atoms with E-state index in [2.05, 4.69) is 39.8 Å². The van der Waals surface area contributed by atoms with Gasteiger partial charge in [0.2, 0.25) is 0 Å². The van der Waals surface area contributed by atoms with Gasteiger partial charge in [-0.2, -0.15) is 0 Å². The zero-order chi connectivity index (χ0) is 15.1. The lowest BCUT2D eigenvalue weighted by Gasteiger charge is -2.10. The molecule has 5 nitrogen and oxygen atoms in total. The second kappa shape index (κ2) is 7.83. The van der Waals surface area contributed by atoms with Crippen molar-refractivity contribution in [2.45, 2.75) is 32.7 Å². The molecule has 2 aromatic rings. The molecule has 2 rings (SSSR count). The van der Waals surface area contributed by atoms with Gasteiger partial charge in [-0.15, -0.1) is 11.3 Å². The number of hydrogen-bond acceptors (Lipinski definition) is 4. The summed E-state index contributed by atoms with van der Waals surface area (Å²) in [5.74, 6) is 2.23. The van der Waals surface area contributed by atoms with Gasteiger partial charge in [-0.3, -0.25) is 4.99 Å². The van der Waals surface area contributed by atoms with E-state index >= 15 is 0 Å². The van der Waals surface area contributed by atoms with Crippen molar-refractivity contribution in [3.63, 3.8) is 0 Å². The summed E-state index contributed by atoms with van der Waals surface area (Å²) in [7, 11) is 1.77. The fourth-order valence-corrected chi connectivity index (χ4v) is 2.71.